The third-order valence-electron chi connectivity index (χ3n) is 2.57. The second-order valence-corrected chi connectivity index (χ2v) is 3.92. The molecule has 0 radical (unpaired) electrons. The minimum atomic E-state index is -0.465. The van der Waals surface area contributed by atoms with E-state index < -0.39 is 6.10 Å². The lowest BCUT2D eigenvalue weighted by atomic mass is 10.1. The van der Waals surface area contributed by atoms with Crippen LogP contribution in [0.15, 0.2) is 54.9 Å². The van der Waals surface area contributed by atoms with E-state index in [1.54, 1.807) is 6.20 Å². The number of aromatic nitrogens is 1. The number of nitrogens with zero attached hydrogens (tertiary/aromatic N) is 1. The van der Waals surface area contributed by atoms with Gasteiger partial charge in [-0.3, -0.25) is 4.98 Å². The van der Waals surface area contributed by atoms with Gasteiger partial charge in [0.2, 0.25) is 0 Å². The Kier molecular flexibility index (Phi) is 4.24. The number of hydrogen-bond donors (Lipinski definition) is 2. The van der Waals surface area contributed by atoms with Crippen LogP contribution < -0.4 is 5.32 Å². The molecule has 2 N–H and O–H groups in total. The topological polar surface area (TPSA) is 45.1 Å². The van der Waals surface area contributed by atoms with Gasteiger partial charge in [-0.15, -0.1) is 0 Å². The van der Waals surface area contributed by atoms with Gasteiger partial charge in [0.25, 0.3) is 0 Å². The summed E-state index contributed by atoms with van der Waals surface area (Å²) in [5.41, 5.74) is 2.05. The van der Waals surface area contributed by atoms with E-state index in [-0.39, 0.29) is 0 Å². The molecule has 0 amide bonds. The van der Waals surface area contributed by atoms with Crippen molar-refractivity contribution in [3.63, 3.8) is 0 Å². The molecule has 0 aliphatic heterocycles. The molecular formula is C14H16N2O. The Morgan fingerprint density at radius 2 is 1.94 bits per heavy atom. The molecule has 2 rings (SSSR count). The van der Waals surface area contributed by atoms with Crippen molar-refractivity contribution in [1.82, 2.24) is 10.3 Å². The summed E-state index contributed by atoms with van der Waals surface area (Å²) in [6.07, 6.45) is 3.11. The largest absolute Gasteiger partial charge is 0.387 e. The Morgan fingerprint density at radius 3 is 2.65 bits per heavy atom. The van der Waals surface area contributed by atoms with Crippen LogP contribution in [0.3, 0.4) is 0 Å². The van der Waals surface area contributed by atoms with E-state index in [9.17, 15) is 5.11 Å². The first-order valence-corrected chi connectivity index (χ1v) is 5.69. The number of pyridine rings is 1. The number of hydrogen-bond acceptors (Lipinski definition) is 3. The van der Waals surface area contributed by atoms with Gasteiger partial charge >= 0.3 is 0 Å². The van der Waals surface area contributed by atoms with Crippen molar-refractivity contribution < 1.29 is 5.11 Å². The maximum Gasteiger partial charge on any atom is 0.0914 e. The first kappa shape index (κ1) is 11.8. The Bertz CT molecular complexity index is 430. The SMILES string of the molecule is O[C@H](CNCc1cccnc1)c1ccccc1. The molecule has 88 valence electrons. The lowest BCUT2D eigenvalue weighted by Crippen LogP contribution is -2.21. The third kappa shape index (κ3) is 3.66. The van der Waals surface area contributed by atoms with Crippen LogP contribution >= 0.6 is 0 Å². The summed E-state index contributed by atoms with van der Waals surface area (Å²) in [6, 6.07) is 13.6. The highest BCUT2D eigenvalue weighted by molar-refractivity contribution is 5.17. The summed E-state index contributed by atoms with van der Waals surface area (Å²) < 4.78 is 0. The molecule has 1 atom stereocenters. The zero-order chi connectivity index (χ0) is 11.9. The van der Waals surface area contributed by atoms with Gasteiger partial charge in [-0.05, 0) is 17.2 Å². The van der Waals surface area contributed by atoms with Crippen molar-refractivity contribution in [2.75, 3.05) is 6.54 Å². The van der Waals surface area contributed by atoms with Crippen LogP contribution in [-0.2, 0) is 6.54 Å². The molecule has 3 heteroatoms. The molecular weight excluding hydrogens is 212 g/mol. The van der Waals surface area contributed by atoms with Gasteiger partial charge in [0.1, 0.15) is 0 Å². The molecule has 1 aromatic carbocycles. The molecule has 0 saturated heterocycles. The molecule has 0 fully saturated rings. The maximum atomic E-state index is 9.92. The van der Waals surface area contributed by atoms with Gasteiger partial charge < -0.3 is 10.4 Å². The fraction of sp³-hybridized carbons (Fsp3) is 0.214. The van der Waals surface area contributed by atoms with E-state index in [1.807, 2.05) is 48.7 Å². The van der Waals surface area contributed by atoms with Crippen LogP contribution in [0.1, 0.15) is 17.2 Å². The molecule has 1 aromatic heterocycles. The zero-order valence-corrected chi connectivity index (χ0v) is 9.58. The van der Waals surface area contributed by atoms with Crippen LogP contribution in [0.25, 0.3) is 0 Å². The molecule has 0 unspecified atom stereocenters. The normalized spacial score (nSPS) is 12.3. The van der Waals surface area contributed by atoms with Crippen molar-refractivity contribution in [3.8, 4) is 0 Å². The first-order chi connectivity index (χ1) is 8.36. The average Bonchev–Trinajstić information content (AvgIpc) is 2.41. The van der Waals surface area contributed by atoms with Gasteiger partial charge in [-0.2, -0.15) is 0 Å². The summed E-state index contributed by atoms with van der Waals surface area (Å²) in [7, 11) is 0. The number of aliphatic hydroxyl groups excluding tert-OH is 1. The summed E-state index contributed by atoms with van der Waals surface area (Å²) in [5, 5.41) is 13.1. The van der Waals surface area contributed by atoms with E-state index >= 15 is 0 Å². The monoisotopic (exact) mass is 228 g/mol. The summed E-state index contributed by atoms with van der Waals surface area (Å²) in [4.78, 5) is 4.04. The third-order valence-corrected chi connectivity index (χ3v) is 2.57. The quantitative estimate of drug-likeness (QED) is 0.821. The molecule has 1 heterocycles. The standard InChI is InChI=1S/C14H16N2O/c17-14(13-6-2-1-3-7-13)11-16-10-12-5-4-8-15-9-12/h1-9,14,16-17H,10-11H2/t14-/m1/s1. The lowest BCUT2D eigenvalue weighted by molar-refractivity contribution is 0.174. The fourth-order valence-electron chi connectivity index (χ4n) is 1.65. The smallest absolute Gasteiger partial charge is 0.0914 e. The maximum absolute atomic E-state index is 9.92. The highest BCUT2D eigenvalue weighted by Crippen LogP contribution is 2.10. The molecule has 17 heavy (non-hydrogen) atoms. The van der Waals surface area contributed by atoms with E-state index in [0.29, 0.717) is 6.54 Å². The molecule has 0 aliphatic carbocycles. The first-order valence-electron chi connectivity index (χ1n) is 5.69. The Hall–Kier alpha value is -1.71. The van der Waals surface area contributed by atoms with Crippen LogP contribution in [-0.4, -0.2) is 16.6 Å². The van der Waals surface area contributed by atoms with E-state index in [0.717, 1.165) is 17.7 Å². The zero-order valence-electron chi connectivity index (χ0n) is 9.58. The number of benzene rings is 1. The predicted molar refractivity (Wildman–Crippen MR) is 67.3 cm³/mol. The number of nitrogens with one attached hydrogen (secondary N) is 1. The highest BCUT2D eigenvalue weighted by atomic mass is 16.3. The second kappa shape index (κ2) is 6.13. The highest BCUT2D eigenvalue weighted by Gasteiger charge is 2.05. The van der Waals surface area contributed by atoms with Crippen molar-refractivity contribution in [2.45, 2.75) is 12.6 Å². The number of rotatable bonds is 5. The molecule has 0 aliphatic rings. The van der Waals surface area contributed by atoms with E-state index in [4.69, 9.17) is 0 Å². The van der Waals surface area contributed by atoms with Gasteiger partial charge in [0, 0.05) is 25.5 Å². The number of aliphatic hydroxyl groups is 1. The second-order valence-electron chi connectivity index (χ2n) is 3.92. The van der Waals surface area contributed by atoms with E-state index in [1.165, 1.54) is 0 Å². The average molecular weight is 228 g/mol. The van der Waals surface area contributed by atoms with E-state index in [2.05, 4.69) is 10.3 Å². The van der Waals surface area contributed by atoms with Crippen LogP contribution in [0.5, 0.6) is 0 Å². The molecule has 0 saturated carbocycles. The Balaban J connectivity index is 1.79. The van der Waals surface area contributed by atoms with Gasteiger partial charge in [0.15, 0.2) is 0 Å². The van der Waals surface area contributed by atoms with Gasteiger partial charge in [-0.25, -0.2) is 0 Å². The molecule has 0 bridgehead atoms. The van der Waals surface area contributed by atoms with Crippen molar-refractivity contribution in [1.29, 1.82) is 0 Å². The van der Waals surface area contributed by atoms with Crippen LogP contribution in [0, 0.1) is 0 Å². The summed E-state index contributed by atoms with van der Waals surface area (Å²) in [5.74, 6) is 0. The van der Waals surface area contributed by atoms with Crippen LogP contribution in [0.4, 0.5) is 0 Å². The fourth-order valence-corrected chi connectivity index (χ4v) is 1.65. The lowest BCUT2D eigenvalue weighted by Gasteiger charge is -2.11. The molecule has 0 spiro atoms. The minimum Gasteiger partial charge on any atom is -0.387 e. The summed E-state index contributed by atoms with van der Waals surface area (Å²) >= 11 is 0. The Labute approximate surface area is 101 Å². The van der Waals surface area contributed by atoms with Gasteiger partial charge in [-0.1, -0.05) is 36.4 Å². The van der Waals surface area contributed by atoms with Gasteiger partial charge in [0.05, 0.1) is 6.10 Å². The Morgan fingerprint density at radius 1 is 1.12 bits per heavy atom. The van der Waals surface area contributed by atoms with Crippen molar-refractivity contribution in [2.24, 2.45) is 0 Å². The van der Waals surface area contributed by atoms with Crippen molar-refractivity contribution in [3.05, 3.63) is 66.0 Å². The van der Waals surface area contributed by atoms with Crippen molar-refractivity contribution >= 4 is 0 Å². The molecule has 2 aromatic rings. The predicted octanol–water partition coefficient (Wildman–Crippen LogP) is 1.90. The summed E-state index contributed by atoms with van der Waals surface area (Å²) in [6.45, 7) is 1.26. The molecule has 3 nitrogen and oxygen atoms in total. The van der Waals surface area contributed by atoms with Crippen LogP contribution in [0.2, 0.25) is 0 Å². The minimum absolute atomic E-state index is 0.465.